The summed E-state index contributed by atoms with van der Waals surface area (Å²) in [7, 11) is 0. The number of nitrogens with one attached hydrogen (secondary N) is 1. The number of thiazole rings is 2. The zero-order valence-electron chi connectivity index (χ0n) is 20.1. The molecule has 0 aromatic carbocycles. The number of amides is 2. The van der Waals surface area contributed by atoms with Crippen molar-refractivity contribution in [2.75, 3.05) is 17.2 Å². The molecule has 0 aliphatic carbocycles. The summed E-state index contributed by atoms with van der Waals surface area (Å²) >= 11 is 3.53. The number of carbonyl (C=O) groups excluding carboxylic acids is 2. The van der Waals surface area contributed by atoms with Crippen LogP contribution in [0, 0.1) is 0 Å². The normalized spacial score (nSPS) is 19.3. The number of alkyl halides is 2. The number of oxime groups is 1. The Hall–Kier alpha value is -4.16. The average molecular weight is 610 g/mol. The lowest BCUT2D eigenvalue weighted by Crippen LogP contribution is -2.73. The molecular weight excluding hydrogens is 590 g/mol. The first-order chi connectivity index (χ1) is 19.1. The second-order valence-corrected chi connectivity index (χ2v) is 11.3. The van der Waals surface area contributed by atoms with Gasteiger partial charge in [0.05, 0.1) is 10.7 Å². The van der Waals surface area contributed by atoms with Gasteiger partial charge in [-0.3, -0.25) is 14.5 Å². The van der Waals surface area contributed by atoms with E-state index in [-0.39, 0.29) is 22.3 Å². The smallest absolute Gasteiger partial charge is 0.407 e. The summed E-state index contributed by atoms with van der Waals surface area (Å²) in [5, 5.41) is 17.3. The maximum absolute atomic E-state index is 13.0. The third kappa shape index (κ3) is 5.45. The van der Waals surface area contributed by atoms with Gasteiger partial charge in [0.25, 0.3) is 11.8 Å². The number of halogens is 2. The van der Waals surface area contributed by atoms with Gasteiger partial charge in [-0.05, 0) is 12.2 Å². The van der Waals surface area contributed by atoms with E-state index in [2.05, 4.69) is 25.3 Å². The number of hydrogen-bond acceptors (Lipinski definition) is 12. The summed E-state index contributed by atoms with van der Waals surface area (Å²) in [4.78, 5) is 51.4. The number of rotatable bonds is 9. The highest BCUT2D eigenvalue weighted by Gasteiger charge is 2.54. The lowest BCUT2D eigenvalue weighted by Gasteiger charge is -2.49. The molecule has 0 radical (unpaired) electrons. The van der Waals surface area contributed by atoms with E-state index in [1.54, 1.807) is 12.2 Å². The second kappa shape index (κ2) is 11.1. The molecule has 5 rings (SSSR count). The molecule has 1 fully saturated rings. The number of carbonyl (C=O) groups is 3. The Morgan fingerprint density at radius 3 is 2.85 bits per heavy atom. The first-order valence-corrected chi connectivity index (χ1v) is 14.0. The summed E-state index contributed by atoms with van der Waals surface area (Å²) in [5.74, 6) is -2.72. The molecule has 13 nitrogen and oxygen atoms in total. The summed E-state index contributed by atoms with van der Waals surface area (Å²) in [5.41, 5.74) is 11.1. The van der Waals surface area contributed by atoms with Crippen LogP contribution in [0.4, 0.5) is 19.0 Å². The minimum atomic E-state index is -3.29. The van der Waals surface area contributed by atoms with Crippen LogP contribution >= 0.6 is 34.4 Å². The number of fused-ring (bicyclic) bond motifs is 2. The zero-order valence-corrected chi connectivity index (χ0v) is 22.5. The minimum absolute atomic E-state index is 0.0609. The standard InChI is InChI=1S/C22H18F2N8O5S3/c23-20(24)37-30-14(10-7-39-21(25)28-10)17(33)29-15-11-8-38-13(16(19(35)36)32(11)18(15)34)2-1-4-31-5-3-12-9(6-31)27-22(26)40-12/h1-3,5-7,11,15,20H,4,8H2,(H5-,25,26,27,28,29,33,35,36)/p+1/b2-1+,30-14?. The number of aromatic nitrogens is 3. The molecule has 1 saturated heterocycles. The van der Waals surface area contributed by atoms with Gasteiger partial charge < -0.3 is 26.7 Å². The molecule has 18 heteroatoms. The third-order valence-electron chi connectivity index (χ3n) is 5.78. The fourth-order valence-electron chi connectivity index (χ4n) is 4.08. The molecule has 5 heterocycles. The first-order valence-electron chi connectivity index (χ1n) is 11.3. The van der Waals surface area contributed by atoms with E-state index in [0.29, 0.717) is 16.6 Å². The van der Waals surface area contributed by atoms with Gasteiger partial charge in [-0.15, -0.1) is 23.1 Å². The monoisotopic (exact) mass is 609 g/mol. The number of carboxylic acid groups (broad SMARTS) is 1. The number of nitrogens with two attached hydrogens (primary N) is 2. The van der Waals surface area contributed by atoms with E-state index in [0.717, 1.165) is 26.5 Å². The molecule has 3 aromatic rings. The van der Waals surface area contributed by atoms with Crippen molar-refractivity contribution in [3.63, 3.8) is 0 Å². The first kappa shape index (κ1) is 27.4. The van der Waals surface area contributed by atoms with Crippen molar-refractivity contribution in [3.8, 4) is 0 Å². The van der Waals surface area contributed by atoms with E-state index in [4.69, 9.17) is 11.5 Å². The molecule has 2 aliphatic heterocycles. The maximum atomic E-state index is 13.0. The highest BCUT2D eigenvalue weighted by atomic mass is 32.2. The van der Waals surface area contributed by atoms with Gasteiger partial charge in [-0.1, -0.05) is 16.5 Å². The van der Waals surface area contributed by atoms with Crippen LogP contribution in [0.5, 0.6) is 0 Å². The van der Waals surface area contributed by atoms with Crippen LogP contribution in [0.3, 0.4) is 0 Å². The summed E-state index contributed by atoms with van der Waals surface area (Å²) < 4.78 is 27.9. The molecule has 208 valence electrons. The topological polar surface area (TPSA) is 190 Å². The van der Waals surface area contributed by atoms with Crippen LogP contribution in [0.15, 0.2) is 51.8 Å². The van der Waals surface area contributed by atoms with Gasteiger partial charge >= 0.3 is 12.6 Å². The van der Waals surface area contributed by atoms with Crippen molar-refractivity contribution in [1.82, 2.24) is 20.2 Å². The Morgan fingerprint density at radius 2 is 2.15 bits per heavy atom. The molecule has 0 bridgehead atoms. The number of allylic oxidation sites excluding steroid dienone is 2. The fourth-order valence-corrected chi connectivity index (χ4v) is 6.54. The molecule has 0 saturated carbocycles. The molecule has 40 heavy (non-hydrogen) atoms. The van der Waals surface area contributed by atoms with Crippen molar-refractivity contribution >= 4 is 78.4 Å². The second-order valence-electron chi connectivity index (χ2n) is 8.28. The molecule has 2 atom stereocenters. The number of nitrogen functional groups attached to an aromatic ring is 2. The summed E-state index contributed by atoms with van der Waals surface area (Å²) in [6.45, 7) is -2.89. The molecule has 2 amide bonds. The highest BCUT2D eigenvalue weighted by molar-refractivity contribution is 8.03. The Morgan fingerprint density at radius 1 is 1.35 bits per heavy atom. The Labute approximate surface area is 235 Å². The van der Waals surface area contributed by atoms with Crippen molar-refractivity contribution in [2.45, 2.75) is 25.2 Å². The molecular formula is C22H19F2N8O5S3+. The lowest BCUT2D eigenvalue weighted by molar-refractivity contribution is -0.685. The van der Waals surface area contributed by atoms with Gasteiger partial charge in [-0.2, -0.15) is 13.3 Å². The van der Waals surface area contributed by atoms with Gasteiger partial charge in [-0.25, -0.2) is 14.8 Å². The lowest BCUT2D eigenvalue weighted by atomic mass is 9.94. The quantitative estimate of drug-likeness (QED) is 0.118. The van der Waals surface area contributed by atoms with Crippen molar-refractivity contribution < 1.29 is 37.7 Å². The fraction of sp³-hybridized carbons (Fsp3) is 0.227. The van der Waals surface area contributed by atoms with E-state index in [1.165, 1.54) is 28.5 Å². The Balaban J connectivity index is 1.30. The van der Waals surface area contributed by atoms with E-state index in [1.807, 2.05) is 23.0 Å². The van der Waals surface area contributed by atoms with Crippen LogP contribution in [0.2, 0.25) is 0 Å². The van der Waals surface area contributed by atoms with Crippen molar-refractivity contribution in [2.24, 2.45) is 5.16 Å². The number of carboxylic acids is 1. The Bertz CT molecular complexity index is 1600. The molecule has 2 unspecified atom stereocenters. The molecule has 0 spiro atoms. The molecule has 2 aliphatic rings. The SMILES string of the molecule is Nc1nc(C(=NOC(F)F)C(=O)NC2C(=O)N3C(C(=O)O)=C(/C=C/C[n+]4ccc5sc(N)nc5c4)SCC23)cs1. The van der Waals surface area contributed by atoms with E-state index >= 15 is 0 Å². The van der Waals surface area contributed by atoms with Crippen LogP contribution in [-0.4, -0.2) is 67.9 Å². The number of aliphatic carboxylic acids is 1. The zero-order chi connectivity index (χ0) is 28.6. The van der Waals surface area contributed by atoms with Crippen LogP contribution in [0.25, 0.3) is 10.2 Å². The van der Waals surface area contributed by atoms with Crippen LogP contribution < -0.4 is 21.4 Å². The predicted molar refractivity (Wildman–Crippen MR) is 143 cm³/mol. The number of anilines is 2. The highest BCUT2D eigenvalue weighted by Crippen LogP contribution is 2.39. The number of nitrogens with zero attached hydrogens (tertiary/aromatic N) is 5. The number of β-lactam (4-membered cyclic amide) rings is 1. The van der Waals surface area contributed by atoms with Gasteiger partial charge in [0.15, 0.2) is 34.9 Å². The minimum Gasteiger partial charge on any atom is -0.477 e. The van der Waals surface area contributed by atoms with Gasteiger partial charge in [0.1, 0.15) is 22.9 Å². The Kier molecular flexibility index (Phi) is 7.63. The van der Waals surface area contributed by atoms with E-state index in [9.17, 15) is 28.3 Å². The average Bonchev–Trinajstić information content (AvgIpc) is 3.50. The third-order valence-corrected chi connectivity index (χ3v) is 8.47. The summed E-state index contributed by atoms with van der Waals surface area (Å²) in [6.07, 6.45) is 7.04. The van der Waals surface area contributed by atoms with Crippen LogP contribution in [-0.2, 0) is 25.8 Å². The number of pyridine rings is 1. The number of thioether (sulfide) groups is 1. The van der Waals surface area contributed by atoms with Gasteiger partial charge in [0, 0.05) is 22.1 Å². The maximum Gasteiger partial charge on any atom is 0.407 e. The predicted octanol–water partition coefficient (Wildman–Crippen LogP) is 1.14. The van der Waals surface area contributed by atoms with Crippen LogP contribution in [0.1, 0.15) is 5.69 Å². The molecule has 6 N–H and O–H groups in total. The number of hydrogen-bond donors (Lipinski definition) is 4. The van der Waals surface area contributed by atoms with Gasteiger partial charge in [0.2, 0.25) is 0 Å². The molecule has 3 aromatic heterocycles. The van der Waals surface area contributed by atoms with E-state index < -0.39 is 42.2 Å². The van der Waals surface area contributed by atoms with Crippen molar-refractivity contribution in [1.29, 1.82) is 0 Å². The largest absolute Gasteiger partial charge is 0.477 e. The van der Waals surface area contributed by atoms with Crippen molar-refractivity contribution in [3.05, 3.63) is 52.3 Å². The summed E-state index contributed by atoms with van der Waals surface area (Å²) in [6, 6.07) is 0.0839.